The summed E-state index contributed by atoms with van der Waals surface area (Å²) in [5.74, 6) is 2.35. The molecule has 21 heavy (non-hydrogen) atoms. The SMILES string of the molecule is CCOc1ccccc1OCCN1CC[S@@](=O)[C@H](C)[C@@H]1C. The van der Waals surface area contributed by atoms with Crippen molar-refractivity contribution < 1.29 is 13.7 Å². The molecule has 3 atom stereocenters. The summed E-state index contributed by atoms with van der Waals surface area (Å²) in [7, 11) is -0.686. The molecule has 1 aromatic carbocycles. The molecule has 5 heteroatoms. The van der Waals surface area contributed by atoms with Gasteiger partial charge in [-0.25, -0.2) is 0 Å². The molecule has 0 spiro atoms. The highest BCUT2D eigenvalue weighted by atomic mass is 32.2. The topological polar surface area (TPSA) is 38.8 Å². The molecule has 0 bridgehead atoms. The van der Waals surface area contributed by atoms with Gasteiger partial charge >= 0.3 is 0 Å². The molecule has 0 aliphatic carbocycles. The number of benzene rings is 1. The van der Waals surface area contributed by atoms with Crippen LogP contribution < -0.4 is 9.47 Å². The first-order valence-corrected chi connectivity index (χ1v) is 8.97. The van der Waals surface area contributed by atoms with Crippen molar-refractivity contribution in [1.82, 2.24) is 4.90 Å². The lowest BCUT2D eigenvalue weighted by Crippen LogP contribution is -2.50. The van der Waals surface area contributed by atoms with Gasteiger partial charge in [0, 0.05) is 40.9 Å². The lowest BCUT2D eigenvalue weighted by atomic mass is 10.2. The van der Waals surface area contributed by atoms with Crippen LogP contribution in [0.15, 0.2) is 24.3 Å². The number of para-hydroxylation sites is 2. The lowest BCUT2D eigenvalue weighted by Gasteiger charge is -2.37. The highest BCUT2D eigenvalue weighted by Gasteiger charge is 2.29. The molecule has 1 aliphatic rings. The van der Waals surface area contributed by atoms with E-state index >= 15 is 0 Å². The fraction of sp³-hybridized carbons (Fsp3) is 0.625. The molecule has 0 unspecified atom stereocenters. The highest BCUT2D eigenvalue weighted by molar-refractivity contribution is 7.85. The van der Waals surface area contributed by atoms with Crippen LogP contribution >= 0.6 is 0 Å². The first-order valence-electron chi connectivity index (χ1n) is 7.59. The Balaban J connectivity index is 1.86. The number of hydrogen-bond acceptors (Lipinski definition) is 4. The van der Waals surface area contributed by atoms with Crippen LogP contribution in [0.5, 0.6) is 11.5 Å². The molecule has 1 heterocycles. The molecule has 0 saturated carbocycles. The zero-order valence-corrected chi connectivity index (χ0v) is 13.9. The third kappa shape index (κ3) is 4.20. The normalized spacial score (nSPS) is 26.5. The predicted octanol–water partition coefficient (Wildman–Crippen LogP) is 2.31. The van der Waals surface area contributed by atoms with Crippen LogP contribution in [0.2, 0.25) is 0 Å². The Morgan fingerprint density at radius 1 is 1.24 bits per heavy atom. The third-order valence-corrected chi connectivity index (χ3v) is 5.84. The van der Waals surface area contributed by atoms with Crippen molar-refractivity contribution in [3.63, 3.8) is 0 Å². The minimum absolute atomic E-state index is 0.231. The molecule has 4 nitrogen and oxygen atoms in total. The number of rotatable bonds is 6. The second kappa shape index (κ2) is 7.80. The molecule has 118 valence electrons. The summed E-state index contributed by atoms with van der Waals surface area (Å²) in [6.45, 7) is 9.17. The number of nitrogens with zero attached hydrogens (tertiary/aromatic N) is 1. The van der Waals surface area contributed by atoms with Crippen molar-refractivity contribution in [2.75, 3.05) is 32.1 Å². The van der Waals surface area contributed by atoms with E-state index in [9.17, 15) is 4.21 Å². The van der Waals surface area contributed by atoms with Crippen LogP contribution in [0.25, 0.3) is 0 Å². The van der Waals surface area contributed by atoms with Crippen molar-refractivity contribution in [2.24, 2.45) is 0 Å². The van der Waals surface area contributed by atoms with E-state index in [2.05, 4.69) is 18.7 Å². The van der Waals surface area contributed by atoms with Crippen molar-refractivity contribution >= 4 is 10.8 Å². The third-order valence-electron chi connectivity index (χ3n) is 4.03. The van der Waals surface area contributed by atoms with Crippen LogP contribution in [0.3, 0.4) is 0 Å². The van der Waals surface area contributed by atoms with E-state index in [1.165, 1.54) is 0 Å². The van der Waals surface area contributed by atoms with Crippen molar-refractivity contribution in [2.45, 2.75) is 32.1 Å². The van der Waals surface area contributed by atoms with Crippen LogP contribution in [0.4, 0.5) is 0 Å². The van der Waals surface area contributed by atoms with E-state index in [0.717, 1.165) is 30.3 Å². The number of ether oxygens (including phenoxy) is 2. The molecular formula is C16H25NO3S. The van der Waals surface area contributed by atoms with Gasteiger partial charge in [-0.2, -0.15) is 0 Å². The lowest BCUT2D eigenvalue weighted by molar-refractivity contribution is 0.165. The minimum Gasteiger partial charge on any atom is -0.490 e. The smallest absolute Gasteiger partial charge is 0.161 e. The van der Waals surface area contributed by atoms with E-state index < -0.39 is 10.8 Å². The quantitative estimate of drug-likeness (QED) is 0.808. The minimum atomic E-state index is -0.686. The van der Waals surface area contributed by atoms with Gasteiger partial charge in [0.2, 0.25) is 0 Å². The van der Waals surface area contributed by atoms with E-state index in [4.69, 9.17) is 9.47 Å². The Bertz CT molecular complexity index is 480. The second-order valence-electron chi connectivity index (χ2n) is 5.29. The maximum Gasteiger partial charge on any atom is 0.161 e. The van der Waals surface area contributed by atoms with Gasteiger partial charge in [-0.15, -0.1) is 0 Å². The van der Waals surface area contributed by atoms with Crippen molar-refractivity contribution in [3.8, 4) is 11.5 Å². The fourth-order valence-electron chi connectivity index (χ4n) is 2.55. The fourth-order valence-corrected chi connectivity index (χ4v) is 3.94. The van der Waals surface area contributed by atoms with Gasteiger partial charge in [0.05, 0.1) is 6.61 Å². The Labute approximate surface area is 129 Å². The van der Waals surface area contributed by atoms with Gasteiger partial charge in [0.25, 0.3) is 0 Å². The second-order valence-corrected chi connectivity index (χ2v) is 7.21. The first kappa shape index (κ1) is 16.3. The summed E-state index contributed by atoms with van der Waals surface area (Å²) >= 11 is 0. The number of hydrogen-bond donors (Lipinski definition) is 0. The van der Waals surface area contributed by atoms with Gasteiger partial charge in [-0.05, 0) is 32.9 Å². The summed E-state index contributed by atoms with van der Waals surface area (Å²) in [5.41, 5.74) is 0. The van der Waals surface area contributed by atoms with E-state index in [1.54, 1.807) is 0 Å². The molecule has 1 aromatic rings. The summed E-state index contributed by atoms with van der Waals surface area (Å²) in [4.78, 5) is 2.36. The average Bonchev–Trinajstić information content (AvgIpc) is 2.49. The summed E-state index contributed by atoms with van der Waals surface area (Å²) < 4.78 is 23.2. The standard InChI is InChI=1S/C16H25NO3S/c1-4-19-15-7-5-6-8-16(15)20-11-9-17-10-12-21(18)14(3)13(17)2/h5-8,13-14H,4,9-12H2,1-3H3/t13-,14+,21+/m0/s1. The van der Waals surface area contributed by atoms with E-state index in [0.29, 0.717) is 19.3 Å². The summed E-state index contributed by atoms with van der Waals surface area (Å²) in [6, 6.07) is 8.09. The average molecular weight is 311 g/mol. The van der Waals surface area contributed by atoms with Crippen LogP contribution in [0.1, 0.15) is 20.8 Å². The highest BCUT2D eigenvalue weighted by Crippen LogP contribution is 2.26. The molecular weight excluding hydrogens is 286 g/mol. The summed E-state index contributed by atoms with van der Waals surface area (Å²) in [6.07, 6.45) is 0. The first-order chi connectivity index (χ1) is 10.1. The van der Waals surface area contributed by atoms with Crippen LogP contribution in [-0.4, -0.2) is 52.5 Å². The predicted molar refractivity (Wildman–Crippen MR) is 86.6 cm³/mol. The molecule has 1 aliphatic heterocycles. The molecule has 1 saturated heterocycles. The molecule has 0 aromatic heterocycles. The van der Waals surface area contributed by atoms with E-state index in [1.807, 2.05) is 31.2 Å². The van der Waals surface area contributed by atoms with Crippen LogP contribution in [0, 0.1) is 0 Å². The molecule has 0 amide bonds. The largest absolute Gasteiger partial charge is 0.490 e. The monoisotopic (exact) mass is 311 g/mol. The van der Waals surface area contributed by atoms with Crippen molar-refractivity contribution in [3.05, 3.63) is 24.3 Å². The zero-order valence-electron chi connectivity index (χ0n) is 13.1. The van der Waals surface area contributed by atoms with Gasteiger partial charge in [-0.1, -0.05) is 12.1 Å². The van der Waals surface area contributed by atoms with Gasteiger partial charge in [0.15, 0.2) is 11.5 Å². The zero-order chi connectivity index (χ0) is 15.2. The maximum absolute atomic E-state index is 11.8. The van der Waals surface area contributed by atoms with E-state index in [-0.39, 0.29) is 5.25 Å². The molecule has 1 fully saturated rings. The van der Waals surface area contributed by atoms with Gasteiger partial charge in [-0.3, -0.25) is 9.11 Å². The Kier molecular flexibility index (Phi) is 6.06. The van der Waals surface area contributed by atoms with Gasteiger partial charge in [0.1, 0.15) is 6.61 Å². The Morgan fingerprint density at radius 2 is 1.90 bits per heavy atom. The summed E-state index contributed by atoms with van der Waals surface area (Å²) in [5, 5.41) is 0.231. The van der Waals surface area contributed by atoms with Gasteiger partial charge < -0.3 is 9.47 Å². The van der Waals surface area contributed by atoms with Crippen molar-refractivity contribution in [1.29, 1.82) is 0 Å². The molecule has 2 rings (SSSR count). The Hall–Kier alpha value is -1.07. The van der Waals surface area contributed by atoms with Crippen LogP contribution in [-0.2, 0) is 10.8 Å². The molecule has 0 radical (unpaired) electrons. The Morgan fingerprint density at radius 3 is 2.57 bits per heavy atom. The maximum atomic E-state index is 11.8. The molecule has 0 N–H and O–H groups in total.